The molecule has 1 aromatic carbocycles. The summed E-state index contributed by atoms with van der Waals surface area (Å²) < 4.78 is 58.2. The highest BCUT2D eigenvalue weighted by Crippen LogP contribution is 2.38. The summed E-state index contributed by atoms with van der Waals surface area (Å²) in [6.07, 6.45) is -3.10. The third-order valence-electron chi connectivity index (χ3n) is 2.95. The summed E-state index contributed by atoms with van der Waals surface area (Å²) in [6.45, 7) is 0. The van der Waals surface area contributed by atoms with Gasteiger partial charge in [0.15, 0.2) is 23.1 Å². The van der Waals surface area contributed by atoms with Gasteiger partial charge in [-0.15, -0.1) is 0 Å². The Morgan fingerprint density at radius 3 is 2.52 bits per heavy atom. The summed E-state index contributed by atoms with van der Waals surface area (Å²) in [7, 11) is 1.00. The zero-order chi connectivity index (χ0) is 17.3. The van der Waals surface area contributed by atoms with Gasteiger partial charge >= 0.3 is 5.97 Å². The molecular formula is C14H8ClF4NO3. The van der Waals surface area contributed by atoms with Gasteiger partial charge in [0.1, 0.15) is 5.69 Å². The van der Waals surface area contributed by atoms with E-state index in [1.54, 1.807) is 0 Å². The van der Waals surface area contributed by atoms with Crippen molar-refractivity contribution >= 4 is 17.6 Å². The number of carboxylic acid groups (broad SMARTS) is 1. The van der Waals surface area contributed by atoms with E-state index in [0.717, 1.165) is 19.2 Å². The van der Waals surface area contributed by atoms with Crippen LogP contribution in [0.1, 0.15) is 22.5 Å². The molecule has 0 aliphatic carbocycles. The van der Waals surface area contributed by atoms with Crippen LogP contribution in [0, 0.1) is 11.6 Å². The summed E-state index contributed by atoms with van der Waals surface area (Å²) in [4.78, 5) is 14.5. The normalized spacial score (nSPS) is 10.9. The van der Waals surface area contributed by atoms with Crippen molar-refractivity contribution in [1.29, 1.82) is 0 Å². The number of aromatic carboxylic acids is 1. The van der Waals surface area contributed by atoms with E-state index in [0.29, 0.717) is 6.07 Å². The number of benzene rings is 1. The number of methoxy groups -OCH3 is 1. The maximum Gasteiger partial charge on any atom is 0.356 e. The molecule has 2 aromatic rings. The first-order chi connectivity index (χ1) is 10.8. The van der Waals surface area contributed by atoms with E-state index in [9.17, 15) is 22.4 Å². The van der Waals surface area contributed by atoms with E-state index >= 15 is 0 Å². The molecule has 0 spiro atoms. The van der Waals surface area contributed by atoms with Crippen LogP contribution in [0.3, 0.4) is 0 Å². The molecule has 0 atom stereocenters. The number of alkyl halides is 2. The number of hydrogen-bond acceptors (Lipinski definition) is 3. The van der Waals surface area contributed by atoms with Crippen molar-refractivity contribution in [1.82, 2.24) is 4.98 Å². The predicted octanol–water partition coefficient (Wildman–Crippen LogP) is 4.32. The molecule has 0 unspecified atom stereocenters. The molecule has 0 aliphatic rings. The minimum atomic E-state index is -3.10. The second kappa shape index (κ2) is 6.41. The van der Waals surface area contributed by atoms with Crippen molar-refractivity contribution in [2.75, 3.05) is 7.11 Å². The Morgan fingerprint density at radius 1 is 1.35 bits per heavy atom. The lowest BCUT2D eigenvalue weighted by Crippen LogP contribution is -2.06. The highest BCUT2D eigenvalue weighted by Gasteiger charge is 2.24. The van der Waals surface area contributed by atoms with Gasteiger partial charge in [-0.25, -0.2) is 27.3 Å². The molecule has 0 fully saturated rings. The third kappa shape index (κ3) is 3.07. The number of aromatic nitrogens is 1. The fourth-order valence-corrected chi connectivity index (χ4v) is 2.15. The molecule has 2 rings (SSSR count). The number of ether oxygens (including phenoxy) is 1. The Balaban J connectivity index is 2.74. The molecule has 1 N–H and O–H groups in total. The molecule has 0 saturated heterocycles. The van der Waals surface area contributed by atoms with E-state index in [4.69, 9.17) is 21.4 Å². The average molecular weight is 350 g/mol. The summed E-state index contributed by atoms with van der Waals surface area (Å²) >= 11 is 5.57. The van der Waals surface area contributed by atoms with Gasteiger partial charge in [-0.1, -0.05) is 11.6 Å². The monoisotopic (exact) mass is 349 g/mol. The van der Waals surface area contributed by atoms with Gasteiger partial charge in [-0.05, 0) is 18.2 Å². The highest BCUT2D eigenvalue weighted by atomic mass is 35.5. The van der Waals surface area contributed by atoms with Crippen molar-refractivity contribution in [3.63, 3.8) is 0 Å². The number of rotatable bonds is 4. The minimum absolute atomic E-state index is 0.314. The maximum atomic E-state index is 14.0. The van der Waals surface area contributed by atoms with Crippen LogP contribution in [0.5, 0.6) is 5.75 Å². The van der Waals surface area contributed by atoms with Gasteiger partial charge in [0.2, 0.25) is 0 Å². The number of nitrogens with zero attached hydrogens (tertiary/aromatic N) is 1. The molecule has 0 bridgehead atoms. The van der Waals surface area contributed by atoms with Gasteiger partial charge in [-0.3, -0.25) is 0 Å². The SMILES string of the molecule is COc1c(-c2nc(C(=O)O)c(Cl)cc2F)ccc(C(F)F)c1F. The quantitative estimate of drug-likeness (QED) is 0.835. The van der Waals surface area contributed by atoms with Crippen LogP contribution in [-0.4, -0.2) is 23.2 Å². The van der Waals surface area contributed by atoms with Gasteiger partial charge in [-0.2, -0.15) is 0 Å². The first-order valence-corrected chi connectivity index (χ1v) is 6.40. The molecule has 0 aliphatic heterocycles. The molecule has 9 heteroatoms. The van der Waals surface area contributed by atoms with Crippen molar-refractivity contribution in [2.24, 2.45) is 0 Å². The van der Waals surface area contributed by atoms with Crippen LogP contribution in [0.2, 0.25) is 5.02 Å². The van der Waals surface area contributed by atoms with E-state index in [1.807, 2.05) is 0 Å². The van der Waals surface area contributed by atoms with Gasteiger partial charge in [0.05, 0.1) is 17.7 Å². The van der Waals surface area contributed by atoms with Crippen LogP contribution in [0.15, 0.2) is 18.2 Å². The van der Waals surface area contributed by atoms with Crippen molar-refractivity contribution in [3.8, 4) is 17.0 Å². The molecule has 0 amide bonds. The topological polar surface area (TPSA) is 59.4 Å². The second-order valence-corrected chi connectivity index (χ2v) is 4.71. The zero-order valence-electron chi connectivity index (χ0n) is 11.4. The van der Waals surface area contributed by atoms with Crippen LogP contribution < -0.4 is 4.74 Å². The first-order valence-electron chi connectivity index (χ1n) is 6.02. The van der Waals surface area contributed by atoms with Crippen molar-refractivity contribution in [2.45, 2.75) is 6.43 Å². The lowest BCUT2D eigenvalue weighted by Gasteiger charge is -2.13. The molecule has 23 heavy (non-hydrogen) atoms. The highest BCUT2D eigenvalue weighted by molar-refractivity contribution is 6.33. The van der Waals surface area contributed by atoms with Gasteiger partial charge < -0.3 is 9.84 Å². The largest absolute Gasteiger partial charge is 0.493 e. The van der Waals surface area contributed by atoms with E-state index in [-0.39, 0.29) is 5.56 Å². The van der Waals surface area contributed by atoms with Crippen LogP contribution in [-0.2, 0) is 0 Å². The number of hydrogen-bond donors (Lipinski definition) is 1. The number of halogens is 5. The molecule has 4 nitrogen and oxygen atoms in total. The van der Waals surface area contributed by atoms with Crippen LogP contribution in [0.25, 0.3) is 11.3 Å². The third-order valence-corrected chi connectivity index (χ3v) is 3.24. The molecule has 0 radical (unpaired) electrons. The molecule has 122 valence electrons. The maximum absolute atomic E-state index is 14.0. The number of carboxylic acids is 1. The van der Waals surface area contributed by atoms with Crippen LogP contribution in [0.4, 0.5) is 17.6 Å². The standard InChI is InChI=1S/C14H8ClF4NO3/c1-23-12-6(3-2-5(9(12)17)13(18)19)10-8(16)4-7(15)11(20-10)14(21)22/h2-4,13H,1H3,(H,21,22). The summed E-state index contributed by atoms with van der Waals surface area (Å²) in [5, 5.41) is 8.50. The number of carbonyl (C=O) groups is 1. The van der Waals surface area contributed by atoms with Crippen LogP contribution >= 0.6 is 11.6 Å². The Hall–Kier alpha value is -2.35. The Morgan fingerprint density at radius 2 is 2.00 bits per heavy atom. The minimum Gasteiger partial charge on any atom is -0.493 e. The fourth-order valence-electron chi connectivity index (χ4n) is 1.93. The predicted molar refractivity (Wildman–Crippen MR) is 73.1 cm³/mol. The second-order valence-electron chi connectivity index (χ2n) is 4.30. The Kier molecular flexibility index (Phi) is 4.74. The van der Waals surface area contributed by atoms with Gasteiger partial charge in [0, 0.05) is 5.56 Å². The van der Waals surface area contributed by atoms with E-state index < -0.39 is 51.8 Å². The molecule has 1 heterocycles. The summed E-state index contributed by atoms with van der Waals surface area (Å²) in [5.74, 6) is -4.64. The Labute approximate surface area is 132 Å². The molecule has 1 aromatic heterocycles. The summed E-state index contributed by atoms with van der Waals surface area (Å²) in [5.41, 5.74) is -2.49. The van der Waals surface area contributed by atoms with Crippen molar-refractivity contribution in [3.05, 3.63) is 46.1 Å². The van der Waals surface area contributed by atoms with E-state index in [1.165, 1.54) is 0 Å². The summed E-state index contributed by atoms with van der Waals surface area (Å²) in [6, 6.07) is 2.40. The van der Waals surface area contributed by atoms with Crippen molar-refractivity contribution < 1.29 is 32.2 Å². The fraction of sp³-hybridized carbons (Fsp3) is 0.143. The number of pyridine rings is 1. The Bertz CT molecular complexity index is 783. The first kappa shape index (κ1) is 17.0. The molecular weight excluding hydrogens is 342 g/mol. The lowest BCUT2D eigenvalue weighted by molar-refractivity contribution is 0.0690. The smallest absolute Gasteiger partial charge is 0.356 e. The zero-order valence-corrected chi connectivity index (χ0v) is 12.2. The molecule has 0 saturated carbocycles. The average Bonchev–Trinajstić information content (AvgIpc) is 2.46. The van der Waals surface area contributed by atoms with Gasteiger partial charge in [0.25, 0.3) is 6.43 Å². The lowest BCUT2D eigenvalue weighted by atomic mass is 10.1. The van der Waals surface area contributed by atoms with E-state index in [2.05, 4.69) is 4.98 Å².